The van der Waals surface area contributed by atoms with E-state index in [0.717, 1.165) is 49.8 Å². The molecule has 2 N–H and O–H groups in total. The molecule has 3 heterocycles. The van der Waals surface area contributed by atoms with Gasteiger partial charge in [0.05, 0.1) is 5.69 Å². The number of nitrogens with one attached hydrogen (secondary N) is 2. The van der Waals surface area contributed by atoms with E-state index >= 15 is 0 Å². The number of rotatable bonds is 6. The lowest BCUT2D eigenvalue weighted by Gasteiger charge is -2.17. The topological polar surface area (TPSA) is 88.6 Å². The Kier molecular flexibility index (Phi) is 4.40. The van der Waals surface area contributed by atoms with Crippen LogP contribution in [0.25, 0.3) is 0 Å². The van der Waals surface area contributed by atoms with Crippen LogP contribution in [0.5, 0.6) is 0 Å². The zero-order chi connectivity index (χ0) is 14.5. The predicted octanol–water partition coefficient (Wildman–Crippen LogP) is 1.74. The molecule has 0 aliphatic carbocycles. The first kappa shape index (κ1) is 13.9. The highest BCUT2D eigenvalue weighted by atomic mass is 16.5. The molecule has 0 spiro atoms. The van der Waals surface area contributed by atoms with Gasteiger partial charge >= 0.3 is 0 Å². The predicted molar refractivity (Wildman–Crippen MR) is 77.7 cm³/mol. The van der Waals surface area contributed by atoms with Gasteiger partial charge < -0.3 is 10.1 Å². The summed E-state index contributed by atoms with van der Waals surface area (Å²) in [5.74, 6) is 2.03. The standard InChI is InChI=1S/C14H20N6O/c1-2-3-11-13(16-6-5-15-11)17-8-10-4-7-21-12(10)14-18-9-19-20-14/h5-6,9-10,12H,2-4,7-8H2,1H3,(H,16,17)(H,18,19,20)/t10-,12-/m0/s1. The summed E-state index contributed by atoms with van der Waals surface area (Å²) in [6, 6.07) is 0. The summed E-state index contributed by atoms with van der Waals surface area (Å²) in [4.78, 5) is 13.0. The molecule has 0 bridgehead atoms. The van der Waals surface area contributed by atoms with Crippen molar-refractivity contribution in [3.05, 3.63) is 30.2 Å². The summed E-state index contributed by atoms with van der Waals surface area (Å²) in [5, 5.41) is 10.2. The van der Waals surface area contributed by atoms with Gasteiger partial charge in [-0.1, -0.05) is 13.3 Å². The fraction of sp³-hybridized carbons (Fsp3) is 0.571. The van der Waals surface area contributed by atoms with Crippen molar-refractivity contribution in [2.24, 2.45) is 5.92 Å². The highest BCUT2D eigenvalue weighted by Crippen LogP contribution is 2.32. The Hall–Kier alpha value is -2.02. The first-order valence-electron chi connectivity index (χ1n) is 7.39. The van der Waals surface area contributed by atoms with Crippen molar-refractivity contribution in [2.45, 2.75) is 32.3 Å². The van der Waals surface area contributed by atoms with Gasteiger partial charge in [-0.3, -0.25) is 10.1 Å². The summed E-state index contributed by atoms with van der Waals surface area (Å²) >= 11 is 0. The second-order valence-electron chi connectivity index (χ2n) is 5.19. The third-order valence-electron chi connectivity index (χ3n) is 3.71. The quantitative estimate of drug-likeness (QED) is 0.841. The van der Waals surface area contributed by atoms with Crippen LogP contribution in [-0.4, -0.2) is 38.3 Å². The maximum absolute atomic E-state index is 5.77. The Labute approximate surface area is 123 Å². The van der Waals surface area contributed by atoms with E-state index in [4.69, 9.17) is 4.74 Å². The fourth-order valence-corrected chi connectivity index (χ4v) is 2.66. The van der Waals surface area contributed by atoms with Crippen molar-refractivity contribution in [3.63, 3.8) is 0 Å². The molecule has 0 unspecified atom stereocenters. The molecule has 1 aliphatic heterocycles. The molecule has 1 fully saturated rings. The molecule has 2 aromatic rings. The second kappa shape index (κ2) is 6.62. The van der Waals surface area contributed by atoms with Gasteiger partial charge in [0, 0.05) is 31.5 Å². The minimum atomic E-state index is -0.0219. The molecule has 1 saturated heterocycles. The molecular weight excluding hydrogens is 268 g/mol. The van der Waals surface area contributed by atoms with Crippen molar-refractivity contribution in [2.75, 3.05) is 18.5 Å². The van der Waals surface area contributed by atoms with E-state index in [1.54, 1.807) is 12.4 Å². The molecule has 112 valence electrons. The molecule has 1 aliphatic rings. The minimum Gasteiger partial charge on any atom is -0.370 e. The van der Waals surface area contributed by atoms with Crippen LogP contribution in [0.3, 0.4) is 0 Å². The van der Waals surface area contributed by atoms with Crippen LogP contribution in [0.15, 0.2) is 18.7 Å². The zero-order valence-corrected chi connectivity index (χ0v) is 12.1. The number of anilines is 1. The number of ether oxygens (including phenoxy) is 1. The maximum atomic E-state index is 5.77. The van der Waals surface area contributed by atoms with E-state index in [1.807, 2.05) is 0 Å². The fourth-order valence-electron chi connectivity index (χ4n) is 2.66. The highest BCUT2D eigenvalue weighted by Gasteiger charge is 2.31. The SMILES string of the molecule is CCCc1nccnc1NC[C@@H]1CCO[C@@H]1c1ncn[nH]1. The van der Waals surface area contributed by atoms with Crippen LogP contribution in [0.4, 0.5) is 5.82 Å². The van der Waals surface area contributed by atoms with E-state index in [2.05, 4.69) is 37.4 Å². The lowest BCUT2D eigenvalue weighted by atomic mass is 10.0. The van der Waals surface area contributed by atoms with Crippen LogP contribution < -0.4 is 5.32 Å². The third kappa shape index (κ3) is 3.18. The molecule has 21 heavy (non-hydrogen) atoms. The van der Waals surface area contributed by atoms with Crippen LogP contribution >= 0.6 is 0 Å². The molecule has 3 rings (SSSR count). The number of nitrogens with zero attached hydrogens (tertiary/aromatic N) is 4. The van der Waals surface area contributed by atoms with Crippen molar-refractivity contribution in [3.8, 4) is 0 Å². The van der Waals surface area contributed by atoms with Gasteiger partial charge in [0.15, 0.2) is 5.82 Å². The van der Waals surface area contributed by atoms with Crippen LogP contribution in [-0.2, 0) is 11.2 Å². The minimum absolute atomic E-state index is 0.0219. The number of hydrogen-bond acceptors (Lipinski definition) is 6. The number of H-pyrrole nitrogens is 1. The van der Waals surface area contributed by atoms with Crippen molar-refractivity contribution >= 4 is 5.82 Å². The molecule has 2 atom stereocenters. The van der Waals surface area contributed by atoms with E-state index in [-0.39, 0.29) is 6.10 Å². The molecule has 7 heteroatoms. The smallest absolute Gasteiger partial charge is 0.153 e. The molecule has 0 radical (unpaired) electrons. The summed E-state index contributed by atoms with van der Waals surface area (Å²) in [6.07, 6.45) is 7.95. The third-order valence-corrected chi connectivity index (χ3v) is 3.71. The van der Waals surface area contributed by atoms with Crippen LogP contribution in [0.1, 0.15) is 37.4 Å². The van der Waals surface area contributed by atoms with Gasteiger partial charge in [0.2, 0.25) is 0 Å². The van der Waals surface area contributed by atoms with E-state index in [0.29, 0.717) is 5.92 Å². The molecule has 0 aromatic carbocycles. The number of aromatic amines is 1. The largest absolute Gasteiger partial charge is 0.370 e. The van der Waals surface area contributed by atoms with Gasteiger partial charge in [-0.05, 0) is 12.8 Å². The molecule has 2 aromatic heterocycles. The first-order chi connectivity index (χ1) is 10.4. The lowest BCUT2D eigenvalue weighted by Crippen LogP contribution is -2.20. The van der Waals surface area contributed by atoms with Crippen molar-refractivity contribution in [1.29, 1.82) is 0 Å². The average Bonchev–Trinajstić information content (AvgIpc) is 3.17. The molecule has 7 nitrogen and oxygen atoms in total. The average molecular weight is 288 g/mol. The van der Waals surface area contributed by atoms with Crippen LogP contribution in [0.2, 0.25) is 0 Å². The molecule has 0 amide bonds. The Balaban J connectivity index is 1.64. The van der Waals surface area contributed by atoms with Gasteiger partial charge in [0.1, 0.15) is 18.2 Å². The van der Waals surface area contributed by atoms with E-state index in [9.17, 15) is 0 Å². The highest BCUT2D eigenvalue weighted by molar-refractivity contribution is 5.39. The van der Waals surface area contributed by atoms with Gasteiger partial charge in [0.25, 0.3) is 0 Å². The zero-order valence-electron chi connectivity index (χ0n) is 12.1. The molecular formula is C14H20N6O. The summed E-state index contributed by atoms with van der Waals surface area (Å²) < 4.78 is 5.77. The van der Waals surface area contributed by atoms with Gasteiger partial charge in [-0.2, -0.15) is 5.10 Å². The second-order valence-corrected chi connectivity index (χ2v) is 5.19. The summed E-state index contributed by atoms with van der Waals surface area (Å²) in [5.41, 5.74) is 1.02. The summed E-state index contributed by atoms with van der Waals surface area (Å²) in [7, 11) is 0. The molecule has 0 saturated carbocycles. The van der Waals surface area contributed by atoms with Gasteiger partial charge in [-0.15, -0.1) is 0 Å². The normalized spacial score (nSPS) is 21.6. The summed E-state index contributed by atoms with van der Waals surface area (Å²) in [6.45, 7) is 3.68. The Bertz CT molecular complexity index is 558. The van der Waals surface area contributed by atoms with Gasteiger partial charge in [-0.25, -0.2) is 9.97 Å². The van der Waals surface area contributed by atoms with Crippen molar-refractivity contribution in [1.82, 2.24) is 25.1 Å². The van der Waals surface area contributed by atoms with Crippen molar-refractivity contribution < 1.29 is 4.74 Å². The number of aromatic nitrogens is 5. The lowest BCUT2D eigenvalue weighted by molar-refractivity contribution is 0.0864. The van der Waals surface area contributed by atoms with E-state index in [1.165, 1.54) is 6.33 Å². The van der Waals surface area contributed by atoms with E-state index < -0.39 is 0 Å². The van der Waals surface area contributed by atoms with Crippen LogP contribution in [0, 0.1) is 5.92 Å². The Morgan fingerprint density at radius 2 is 2.24 bits per heavy atom. The Morgan fingerprint density at radius 3 is 3.05 bits per heavy atom. The Morgan fingerprint density at radius 1 is 1.33 bits per heavy atom. The number of aryl methyl sites for hydroxylation is 1. The monoisotopic (exact) mass is 288 g/mol. The maximum Gasteiger partial charge on any atom is 0.153 e. The first-order valence-corrected chi connectivity index (χ1v) is 7.39. The number of hydrogen-bond donors (Lipinski definition) is 2.